The molecule has 0 bridgehead atoms. The fourth-order valence-electron chi connectivity index (χ4n) is 3.43. The van der Waals surface area contributed by atoms with Crippen molar-refractivity contribution in [3.8, 4) is 16.9 Å². The Bertz CT molecular complexity index is 1080. The fraction of sp³-hybridized carbons (Fsp3) is 0.381. The molecule has 1 atom stereocenters. The van der Waals surface area contributed by atoms with Gasteiger partial charge < -0.3 is 9.47 Å². The maximum Gasteiger partial charge on any atom is 0.273 e. The number of nitrogens with zero attached hydrogens (tertiary/aromatic N) is 3. The van der Waals surface area contributed by atoms with Crippen molar-refractivity contribution >= 4 is 22.8 Å². The van der Waals surface area contributed by atoms with Crippen LogP contribution in [0.25, 0.3) is 22.3 Å². The molecule has 0 fully saturated rings. The Balaban J connectivity index is 2.35. The molecule has 3 aromatic rings. The van der Waals surface area contributed by atoms with E-state index in [0.717, 1.165) is 28.9 Å². The van der Waals surface area contributed by atoms with E-state index in [4.69, 9.17) is 21.1 Å². The Labute approximate surface area is 169 Å². The highest BCUT2D eigenvalue weighted by molar-refractivity contribution is 6.33. The number of hydrogen-bond acceptors (Lipinski definition) is 5. The van der Waals surface area contributed by atoms with Crippen molar-refractivity contribution in [1.82, 2.24) is 14.5 Å². The van der Waals surface area contributed by atoms with Crippen LogP contribution in [0.2, 0.25) is 5.02 Å². The van der Waals surface area contributed by atoms with Crippen molar-refractivity contribution < 1.29 is 9.47 Å². The van der Waals surface area contributed by atoms with E-state index in [1.165, 1.54) is 0 Å². The molecule has 0 aliphatic heterocycles. The SMILES string of the molecule is CCC(COC)n1c(=O)c(C)nc2c(-c3cc(C)c(OC)cc3Cl)ccnc21. The molecule has 3 rings (SSSR count). The van der Waals surface area contributed by atoms with E-state index in [1.807, 2.05) is 26.0 Å². The molecule has 0 radical (unpaired) electrons. The van der Waals surface area contributed by atoms with Crippen molar-refractivity contribution in [2.75, 3.05) is 20.8 Å². The van der Waals surface area contributed by atoms with Crippen molar-refractivity contribution in [3.05, 3.63) is 51.0 Å². The monoisotopic (exact) mass is 401 g/mol. The third kappa shape index (κ3) is 3.50. The predicted molar refractivity (Wildman–Crippen MR) is 111 cm³/mol. The van der Waals surface area contributed by atoms with Gasteiger partial charge in [0.2, 0.25) is 0 Å². The van der Waals surface area contributed by atoms with Crippen LogP contribution in [0.15, 0.2) is 29.2 Å². The average Bonchev–Trinajstić information content (AvgIpc) is 2.69. The standard InChI is InChI=1S/C21H24ClN3O3/c1-6-14(11-27-4)25-20-19(24-13(3)21(25)26)15(7-8-23-20)16-9-12(2)18(28-5)10-17(16)22/h7-10,14H,6,11H2,1-5H3. The molecule has 2 aromatic heterocycles. The van der Waals surface area contributed by atoms with Crippen LogP contribution in [0.5, 0.6) is 5.75 Å². The zero-order chi connectivity index (χ0) is 20.4. The molecule has 1 aromatic carbocycles. The van der Waals surface area contributed by atoms with Crippen LogP contribution < -0.4 is 10.3 Å². The molecule has 1 unspecified atom stereocenters. The minimum Gasteiger partial charge on any atom is -0.496 e. The van der Waals surface area contributed by atoms with Gasteiger partial charge in [-0.3, -0.25) is 9.36 Å². The zero-order valence-electron chi connectivity index (χ0n) is 16.7. The Kier molecular flexibility index (Phi) is 6.01. The van der Waals surface area contributed by atoms with Gasteiger partial charge in [-0.1, -0.05) is 18.5 Å². The van der Waals surface area contributed by atoms with Gasteiger partial charge in [-0.25, -0.2) is 9.97 Å². The molecule has 28 heavy (non-hydrogen) atoms. The van der Waals surface area contributed by atoms with Crippen molar-refractivity contribution in [1.29, 1.82) is 0 Å². The lowest BCUT2D eigenvalue weighted by atomic mass is 10.0. The molecule has 0 N–H and O–H groups in total. The Morgan fingerprint density at radius 2 is 1.96 bits per heavy atom. The Morgan fingerprint density at radius 3 is 2.61 bits per heavy atom. The van der Waals surface area contributed by atoms with E-state index < -0.39 is 0 Å². The second kappa shape index (κ2) is 8.29. The van der Waals surface area contributed by atoms with Gasteiger partial charge in [0.25, 0.3) is 5.56 Å². The van der Waals surface area contributed by atoms with Crippen LogP contribution in [0.1, 0.15) is 30.6 Å². The van der Waals surface area contributed by atoms with Gasteiger partial charge in [-0.2, -0.15) is 0 Å². The summed E-state index contributed by atoms with van der Waals surface area (Å²) in [5.41, 5.74) is 4.04. The Hall–Kier alpha value is -2.44. The second-order valence-electron chi connectivity index (χ2n) is 6.72. The molecule has 2 heterocycles. The molecule has 0 saturated heterocycles. The third-order valence-corrected chi connectivity index (χ3v) is 5.22. The maximum atomic E-state index is 12.9. The molecule has 0 amide bonds. The highest BCUT2D eigenvalue weighted by atomic mass is 35.5. The van der Waals surface area contributed by atoms with Crippen molar-refractivity contribution in [3.63, 3.8) is 0 Å². The van der Waals surface area contributed by atoms with Gasteiger partial charge in [-0.05, 0) is 44.0 Å². The number of ether oxygens (including phenoxy) is 2. The lowest BCUT2D eigenvalue weighted by Gasteiger charge is -2.20. The molecule has 0 aliphatic rings. The summed E-state index contributed by atoms with van der Waals surface area (Å²) < 4.78 is 12.4. The first-order chi connectivity index (χ1) is 13.4. The summed E-state index contributed by atoms with van der Waals surface area (Å²) in [6, 6.07) is 5.50. The van der Waals surface area contributed by atoms with E-state index in [9.17, 15) is 4.79 Å². The summed E-state index contributed by atoms with van der Waals surface area (Å²) in [7, 11) is 3.24. The number of methoxy groups -OCH3 is 2. The summed E-state index contributed by atoms with van der Waals surface area (Å²) in [5, 5.41) is 0.552. The number of hydrogen-bond donors (Lipinski definition) is 0. The highest BCUT2D eigenvalue weighted by Gasteiger charge is 2.20. The second-order valence-corrected chi connectivity index (χ2v) is 7.13. The van der Waals surface area contributed by atoms with Crippen LogP contribution in [-0.4, -0.2) is 35.4 Å². The van der Waals surface area contributed by atoms with Gasteiger partial charge in [0, 0.05) is 24.4 Å². The smallest absolute Gasteiger partial charge is 0.273 e. The van der Waals surface area contributed by atoms with E-state index >= 15 is 0 Å². The number of fused-ring (bicyclic) bond motifs is 1. The first-order valence-corrected chi connectivity index (χ1v) is 9.52. The van der Waals surface area contributed by atoms with E-state index in [0.29, 0.717) is 28.5 Å². The van der Waals surface area contributed by atoms with Crippen molar-refractivity contribution in [2.45, 2.75) is 33.2 Å². The minimum absolute atomic E-state index is 0.127. The molecule has 6 nitrogen and oxygen atoms in total. The first-order valence-electron chi connectivity index (χ1n) is 9.14. The number of rotatable bonds is 6. The van der Waals surface area contributed by atoms with Gasteiger partial charge in [0.15, 0.2) is 5.65 Å². The first kappa shape index (κ1) is 20.3. The number of benzene rings is 1. The van der Waals surface area contributed by atoms with Gasteiger partial charge >= 0.3 is 0 Å². The van der Waals surface area contributed by atoms with Gasteiger partial charge in [0.05, 0.1) is 24.8 Å². The number of aromatic nitrogens is 3. The van der Waals surface area contributed by atoms with E-state index in [1.54, 1.807) is 38.0 Å². The third-order valence-electron chi connectivity index (χ3n) is 4.91. The largest absolute Gasteiger partial charge is 0.496 e. The molecular weight excluding hydrogens is 378 g/mol. The number of halogens is 1. The normalized spacial score (nSPS) is 12.4. The summed E-state index contributed by atoms with van der Waals surface area (Å²) in [4.78, 5) is 21.9. The topological polar surface area (TPSA) is 66.2 Å². The number of aryl methyl sites for hydroxylation is 2. The maximum absolute atomic E-state index is 12.9. The lowest BCUT2D eigenvalue weighted by molar-refractivity contribution is 0.153. The van der Waals surface area contributed by atoms with Gasteiger partial charge in [-0.15, -0.1) is 0 Å². The quantitative estimate of drug-likeness (QED) is 0.614. The van der Waals surface area contributed by atoms with Crippen LogP contribution >= 0.6 is 11.6 Å². The molecule has 0 spiro atoms. The lowest BCUT2D eigenvalue weighted by Crippen LogP contribution is -2.30. The highest BCUT2D eigenvalue weighted by Crippen LogP contribution is 2.36. The molecule has 0 aliphatic carbocycles. The van der Waals surface area contributed by atoms with E-state index in [2.05, 4.69) is 9.97 Å². The fourth-order valence-corrected chi connectivity index (χ4v) is 3.68. The molecule has 148 valence electrons. The Morgan fingerprint density at radius 1 is 1.21 bits per heavy atom. The minimum atomic E-state index is -0.155. The van der Waals surface area contributed by atoms with Gasteiger partial charge in [0.1, 0.15) is 17.0 Å². The number of pyridine rings is 1. The van der Waals surface area contributed by atoms with Crippen molar-refractivity contribution in [2.24, 2.45) is 0 Å². The summed E-state index contributed by atoms with van der Waals surface area (Å²) in [6.45, 7) is 6.12. The zero-order valence-corrected chi connectivity index (χ0v) is 17.5. The molecule has 7 heteroatoms. The summed E-state index contributed by atoms with van der Waals surface area (Å²) >= 11 is 6.55. The molecule has 0 saturated carbocycles. The summed E-state index contributed by atoms with van der Waals surface area (Å²) in [5.74, 6) is 0.722. The molecular formula is C21H24ClN3O3. The van der Waals surface area contributed by atoms with Crippen LogP contribution in [-0.2, 0) is 4.74 Å². The van der Waals surface area contributed by atoms with Crippen LogP contribution in [0.3, 0.4) is 0 Å². The summed E-state index contributed by atoms with van der Waals surface area (Å²) in [6.07, 6.45) is 2.42. The van der Waals surface area contributed by atoms with Crippen LogP contribution in [0, 0.1) is 13.8 Å². The average molecular weight is 402 g/mol. The predicted octanol–water partition coefficient (Wildman–Crippen LogP) is 4.33. The van der Waals surface area contributed by atoms with E-state index in [-0.39, 0.29) is 11.6 Å². The van der Waals surface area contributed by atoms with Crippen LogP contribution in [0.4, 0.5) is 0 Å².